The minimum absolute atomic E-state index is 0.0457. The van der Waals surface area contributed by atoms with E-state index in [1.807, 2.05) is 32.9 Å². The number of methoxy groups -OCH3 is 1. The number of ether oxygens (including phenoxy) is 2. The van der Waals surface area contributed by atoms with Crippen molar-refractivity contribution in [3.8, 4) is 11.5 Å². The molecule has 0 spiro atoms. The van der Waals surface area contributed by atoms with Gasteiger partial charge in [-0.25, -0.2) is 4.98 Å². The number of amides is 1. The monoisotopic (exact) mass is 548 g/mol. The van der Waals surface area contributed by atoms with Crippen molar-refractivity contribution >= 4 is 55.7 Å². The van der Waals surface area contributed by atoms with Crippen molar-refractivity contribution in [3.05, 3.63) is 87.4 Å². The summed E-state index contributed by atoms with van der Waals surface area (Å²) in [5.41, 5.74) is 3.69. The zero-order valence-corrected chi connectivity index (χ0v) is 22.8. The van der Waals surface area contributed by atoms with Crippen LogP contribution in [-0.2, 0) is 9.59 Å². The van der Waals surface area contributed by atoms with Gasteiger partial charge in [-0.3, -0.25) is 14.5 Å². The van der Waals surface area contributed by atoms with Crippen LogP contribution in [0.3, 0.4) is 0 Å². The fourth-order valence-electron chi connectivity index (χ4n) is 4.70. The van der Waals surface area contributed by atoms with E-state index < -0.39 is 17.7 Å². The largest absolute Gasteiger partial charge is 0.507 e. The number of Topliss-reactive ketones (excluding diaryl/α,β-unsaturated/α-hetero) is 1. The molecule has 1 aromatic heterocycles. The summed E-state index contributed by atoms with van der Waals surface area (Å²) in [6, 6.07) is 14.7. The first-order chi connectivity index (χ1) is 18.2. The lowest BCUT2D eigenvalue weighted by atomic mass is 9.95. The van der Waals surface area contributed by atoms with E-state index in [2.05, 4.69) is 0 Å². The zero-order valence-electron chi connectivity index (χ0n) is 21.2. The van der Waals surface area contributed by atoms with Gasteiger partial charge in [-0.15, -0.1) is 0 Å². The molecule has 0 radical (unpaired) electrons. The van der Waals surface area contributed by atoms with E-state index in [4.69, 9.17) is 26.1 Å². The van der Waals surface area contributed by atoms with Gasteiger partial charge in [0.25, 0.3) is 5.78 Å². The number of aryl methyl sites for hydroxylation is 2. The van der Waals surface area contributed by atoms with Gasteiger partial charge in [-0.2, -0.15) is 0 Å². The smallest absolute Gasteiger partial charge is 0.301 e. The number of carbonyl (C=O) groups is 2. The molecular formula is C29H25ClN2O5S. The molecular weight excluding hydrogens is 524 g/mol. The third kappa shape index (κ3) is 4.40. The van der Waals surface area contributed by atoms with Crippen molar-refractivity contribution in [2.75, 3.05) is 18.6 Å². The Morgan fingerprint density at radius 1 is 1.08 bits per heavy atom. The molecule has 38 heavy (non-hydrogen) atoms. The van der Waals surface area contributed by atoms with Crippen molar-refractivity contribution in [2.45, 2.75) is 26.8 Å². The van der Waals surface area contributed by atoms with Crippen molar-refractivity contribution in [2.24, 2.45) is 0 Å². The Morgan fingerprint density at radius 3 is 2.50 bits per heavy atom. The van der Waals surface area contributed by atoms with Crippen LogP contribution in [0.25, 0.3) is 16.0 Å². The number of hydrogen-bond donors (Lipinski definition) is 1. The summed E-state index contributed by atoms with van der Waals surface area (Å²) in [7, 11) is 1.52. The van der Waals surface area contributed by atoms with E-state index in [-0.39, 0.29) is 11.3 Å². The molecule has 0 saturated carbocycles. The molecule has 0 bridgehead atoms. The van der Waals surface area contributed by atoms with Crippen molar-refractivity contribution in [1.82, 2.24) is 4.98 Å². The molecule has 2 heterocycles. The minimum atomic E-state index is -0.947. The van der Waals surface area contributed by atoms with Gasteiger partial charge in [0.15, 0.2) is 16.6 Å². The number of nitrogens with zero attached hydrogens (tertiary/aromatic N) is 2. The summed E-state index contributed by atoms with van der Waals surface area (Å²) in [5.74, 6) is -0.903. The molecule has 7 nitrogen and oxygen atoms in total. The van der Waals surface area contributed by atoms with Crippen LogP contribution in [0, 0.1) is 13.8 Å². The van der Waals surface area contributed by atoms with Crippen LogP contribution >= 0.6 is 22.9 Å². The molecule has 1 aliphatic rings. The third-order valence-corrected chi connectivity index (χ3v) is 7.64. The van der Waals surface area contributed by atoms with Crippen LogP contribution in [0.4, 0.5) is 5.13 Å². The van der Waals surface area contributed by atoms with Crippen LogP contribution in [0.2, 0.25) is 5.02 Å². The third-order valence-electron chi connectivity index (χ3n) is 6.39. The summed E-state index contributed by atoms with van der Waals surface area (Å²) < 4.78 is 12.1. The molecule has 5 rings (SSSR count). The van der Waals surface area contributed by atoms with Crippen molar-refractivity contribution in [1.29, 1.82) is 0 Å². The summed E-state index contributed by atoms with van der Waals surface area (Å²) >= 11 is 7.36. The first-order valence-corrected chi connectivity index (χ1v) is 13.2. The fraction of sp³-hybridized carbons (Fsp3) is 0.207. The number of benzene rings is 3. The number of thiazole rings is 1. The number of carbonyl (C=O) groups excluding carboxylic acids is 2. The van der Waals surface area contributed by atoms with Gasteiger partial charge in [-0.1, -0.05) is 35.1 Å². The van der Waals surface area contributed by atoms with Crippen LogP contribution in [0.1, 0.15) is 35.2 Å². The van der Waals surface area contributed by atoms with Gasteiger partial charge in [0.05, 0.1) is 35.5 Å². The molecule has 1 unspecified atom stereocenters. The predicted molar refractivity (Wildman–Crippen MR) is 149 cm³/mol. The number of anilines is 1. The topological polar surface area (TPSA) is 89.0 Å². The molecule has 1 fully saturated rings. The molecule has 1 amide bonds. The van der Waals surface area contributed by atoms with Gasteiger partial charge in [-0.05, 0) is 79.9 Å². The lowest BCUT2D eigenvalue weighted by molar-refractivity contribution is -0.132. The van der Waals surface area contributed by atoms with Gasteiger partial charge >= 0.3 is 5.91 Å². The molecule has 0 aliphatic carbocycles. The number of aromatic nitrogens is 1. The number of aliphatic hydroxyl groups is 1. The Labute approximate surface area is 228 Å². The van der Waals surface area contributed by atoms with E-state index in [9.17, 15) is 14.7 Å². The van der Waals surface area contributed by atoms with Gasteiger partial charge in [0.1, 0.15) is 5.76 Å². The maximum atomic E-state index is 13.6. The fourth-order valence-corrected chi connectivity index (χ4v) is 5.99. The average Bonchev–Trinajstić information content (AvgIpc) is 3.43. The zero-order chi connectivity index (χ0) is 27.1. The lowest BCUT2D eigenvalue weighted by Crippen LogP contribution is -2.29. The summed E-state index contributed by atoms with van der Waals surface area (Å²) in [6.45, 7) is 6.26. The second-order valence-corrected chi connectivity index (χ2v) is 10.4. The molecule has 9 heteroatoms. The standard InChI is InChI=1S/C29H25ClN2O5S/c1-5-37-20-11-8-18(14-21(20)36-4)25-23(26(33)17-6-9-19(30)10-7-17)27(34)28(35)32(25)29-31-24-16(3)12-15(2)13-22(24)38-29/h6-14,25,33H,5H2,1-4H3/b26-23+. The van der Waals surface area contributed by atoms with Gasteiger partial charge in [0.2, 0.25) is 0 Å². The lowest BCUT2D eigenvalue weighted by Gasteiger charge is -2.24. The number of ketones is 1. The molecule has 1 saturated heterocycles. The van der Waals surface area contributed by atoms with Crippen LogP contribution in [-0.4, -0.2) is 35.5 Å². The van der Waals surface area contributed by atoms with Gasteiger partial charge < -0.3 is 14.6 Å². The summed E-state index contributed by atoms with van der Waals surface area (Å²) in [5, 5.41) is 12.2. The molecule has 3 aromatic carbocycles. The maximum absolute atomic E-state index is 13.6. The van der Waals surface area contributed by atoms with E-state index in [0.29, 0.717) is 39.4 Å². The highest BCUT2D eigenvalue weighted by Crippen LogP contribution is 2.46. The molecule has 1 aliphatic heterocycles. The van der Waals surface area contributed by atoms with Crippen molar-refractivity contribution < 1.29 is 24.2 Å². The number of halogens is 1. The van der Waals surface area contributed by atoms with E-state index in [1.54, 1.807) is 42.5 Å². The quantitative estimate of drug-likeness (QED) is 0.166. The van der Waals surface area contributed by atoms with Gasteiger partial charge in [0, 0.05) is 10.6 Å². The Morgan fingerprint density at radius 2 is 1.82 bits per heavy atom. The Hall–Kier alpha value is -3.88. The Bertz CT molecular complexity index is 1610. The average molecular weight is 549 g/mol. The van der Waals surface area contributed by atoms with E-state index in [0.717, 1.165) is 21.3 Å². The molecule has 4 aromatic rings. The number of fused-ring (bicyclic) bond motifs is 1. The molecule has 194 valence electrons. The van der Waals surface area contributed by atoms with Crippen LogP contribution in [0.15, 0.2) is 60.2 Å². The second kappa shape index (κ2) is 10.1. The SMILES string of the molecule is CCOc1ccc(C2/C(=C(\O)c3ccc(Cl)cc3)C(=O)C(=O)N2c2nc3c(C)cc(C)cc3s2)cc1OC. The van der Waals surface area contributed by atoms with Crippen LogP contribution in [0.5, 0.6) is 11.5 Å². The highest BCUT2D eigenvalue weighted by molar-refractivity contribution is 7.22. The highest BCUT2D eigenvalue weighted by atomic mass is 35.5. The first kappa shape index (κ1) is 25.8. The maximum Gasteiger partial charge on any atom is 0.301 e. The summed E-state index contributed by atoms with van der Waals surface area (Å²) in [4.78, 5) is 33.2. The predicted octanol–water partition coefficient (Wildman–Crippen LogP) is 6.60. The number of rotatable bonds is 6. The second-order valence-electron chi connectivity index (χ2n) is 8.94. The van der Waals surface area contributed by atoms with Crippen molar-refractivity contribution in [3.63, 3.8) is 0 Å². The molecule has 1 N–H and O–H groups in total. The van der Waals surface area contributed by atoms with Crippen LogP contribution < -0.4 is 14.4 Å². The Balaban J connectivity index is 1.75. The van der Waals surface area contributed by atoms with E-state index in [1.165, 1.54) is 23.3 Å². The normalized spacial score (nSPS) is 16.9. The Kier molecular flexibility index (Phi) is 6.86. The minimum Gasteiger partial charge on any atom is -0.507 e. The first-order valence-electron chi connectivity index (χ1n) is 12.0. The number of aliphatic hydroxyl groups excluding tert-OH is 1. The van der Waals surface area contributed by atoms with E-state index >= 15 is 0 Å². The molecule has 1 atom stereocenters. The highest BCUT2D eigenvalue weighted by Gasteiger charge is 2.48. The summed E-state index contributed by atoms with van der Waals surface area (Å²) in [6.07, 6.45) is 0. The number of hydrogen-bond acceptors (Lipinski definition) is 7.